The molecule has 1 aromatic heterocycles. The van der Waals surface area contributed by atoms with Crippen molar-refractivity contribution in [2.75, 3.05) is 10.6 Å². The Morgan fingerprint density at radius 2 is 1.78 bits per heavy atom. The number of benzene rings is 2. The quantitative estimate of drug-likeness (QED) is 0.669. The maximum absolute atomic E-state index is 12.5. The summed E-state index contributed by atoms with van der Waals surface area (Å²) in [5, 5.41) is 15.0. The van der Waals surface area contributed by atoms with Crippen molar-refractivity contribution in [3.63, 3.8) is 0 Å². The number of nitrogens with zero attached hydrogens (tertiary/aromatic N) is 2. The molecule has 5 nitrogen and oxygen atoms in total. The summed E-state index contributed by atoms with van der Waals surface area (Å²) in [5.74, 6) is 0.0789. The molecule has 3 rings (SSSR count). The van der Waals surface area contributed by atoms with Gasteiger partial charge in [-0.25, -0.2) is 0 Å². The van der Waals surface area contributed by atoms with E-state index in [0.717, 1.165) is 11.4 Å². The minimum absolute atomic E-state index is 0.305. The summed E-state index contributed by atoms with van der Waals surface area (Å²) in [7, 11) is 0. The Labute approximate surface area is 158 Å². The summed E-state index contributed by atoms with van der Waals surface area (Å²) in [5.41, 5.74) is 4.48. The fourth-order valence-corrected chi connectivity index (χ4v) is 2.73. The van der Waals surface area contributed by atoms with E-state index >= 15 is 0 Å². The summed E-state index contributed by atoms with van der Waals surface area (Å²) >= 11 is 0. The lowest BCUT2D eigenvalue weighted by atomic mass is 10.0. The zero-order chi connectivity index (χ0) is 19.2. The number of hydrogen-bond acceptors (Lipinski definition) is 4. The highest BCUT2D eigenvalue weighted by Crippen LogP contribution is 2.27. The van der Waals surface area contributed by atoms with E-state index in [-0.39, 0.29) is 5.91 Å². The minimum Gasteiger partial charge on any atom is -0.355 e. The SMILES string of the molecule is CC(C)c1ccccc1Nc1ccnc(C(=O)Nc2ccc(C#N)cc2)c1. The number of nitrogens with one attached hydrogen (secondary N) is 2. The predicted octanol–water partition coefficient (Wildman–Crippen LogP) is 5.07. The summed E-state index contributed by atoms with van der Waals surface area (Å²) in [4.78, 5) is 16.6. The van der Waals surface area contributed by atoms with E-state index in [0.29, 0.717) is 22.9 Å². The van der Waals surface area contributed by atoms with Gasteiger partial charge >= 0.3 is 0 Å². The lowest BCUT2D eigenvalue weighted by molar-refractivity contribution is 0.102. The highest BCUT2D eigenvalue weighted by molar-refractivity contribution is 6.03. The second-order valence-electron chi connectivity index (χ2n) is 6.44. The molecule has 1 heterocycles. The van der Waals surface area contributed by atoms with Gasteiger partial charge in [0.25, 0.3) is 5.91 Å². The van der Waals surface area contributed by atoms with Crippen molar-refractivity contribution in [2.24, 2.45) is 0 Å². The van der Waals surface area contributed by atoms with Gasteiger partial charge in [-0.2, -0.15) is 5.26 Å². The van der Waals surface area contributed by atoms with Crippen molar-refractivity contribution in [1.29, 1.82) is 5.26 Å². The van der Waals surface area contributed by atoms with E-state index < -0.39 is 0 Å². The Kier molecular flexibility index (Phi) is 5.48. The van der Waals surface area contributed by atoms with E-state index in [9.17, 15) is 4.79 Å². The smallest absolute Gasteiger partial charge is 0.274 e. The number of para-hydroxylation sites is 1. The van der Waals surface area contributed by atoms with Gasteiger partial charge in [-0.3, -0.25) is 9.78 Å². The molecule has 0 bridgehead atoms. The van der Waals surface area contributed by atoms with Gasteiger partial charge in [-0.15, -0.1) is 0 Å². The lowest BCUT2D eigenvalue weighted by Gasteiger charge is -2.15. The van der Waals surface area contributed by atoms with E-state index in [4.69, 9.17) is 5.26 Å². The van der Waals surface area contributed by atoms with Crippen molar-refractivity contribution >= 4 is 23.0 Å². The van der Waals surface area contributed by atoms with Crippen LogP contribution in [0.1, 0.15) is 41.4 Å². The van der Waals surface area contributed by atoms with Gasteiger partial charge in [0.1, 0.15) is 5.69 Å². The second-order valence-corrected chi connectivity index (χ2v) is 6.44. The molecule has 0 radical (unpaired) electrons. The molecular weight excluding hydrogens is 336 g/mol. The van der Waals surface area contributed by atoms with Crippen LogP contribution in [0.15, 0.2) is 66.9 Å². The predicted molar refractivity (Wildman–Crippen MR) is 107 cm³/mol. The Bertz CT molecular complexity index is 988. The van der Waals surface area contributed by atoms with Crippen LogP contribution in [-0.2, 0) is 0 Å². The van der Waals surface area contributed by atoms with Crippen molar-refractivity contribution < 1.29 is 4.79 Å². The average Bonchev–Trinajstić information content (AvgIpc) is 2.69. The van der Waals surface area contributed by atoms with E-state index in [2.05, 4.69) is 35.5 Å². The van der Waals surface area contributed by atoms with Gasteiger partial charge in [0.2, 0.25) is 0 Å². The van der Waals surface area contributed by atoms with Crippen LogP contribution in [-0.4, -0.2) is 10.9 Å². The average molecular weight is 356 g/mol. The Balaban J connectivity index is 1.77. The topological polar surface area (TPSA) is 77.8 Å². The van der Waals surface area contributed by atoms with Crippen LogP contribution in [0.3, 0.4) is 0 Å². The van der Waals surface area contributed by atoms with Crippen LogP contribution >= 0.6 is 0 Å². The summed E-state index contributed by atoms with van der Waals surface area (Å²) in [6.07, 6.45) is 1.61. The van der Waals surface area contributed by atoms with Crippen LogP contribution in [0.5, 0.6) is 0 Å². The lowest BCUT2D eigenvalue weighted by Crippen LogP contribution is -2.13. The van der Waals surface area contributed by atoms with Crippen LogP contribution in [0, 0.1) is 11.3 Å². The largest absolute Gasteiger partial charge is 0.355 e. The molecule has 1 amide bonds. The highest BCUT2D eigenvalue weighted by atomic mass is 16.1. The molecule has 27 heavy (non-hydrogen) atoms. The van der Waals surface area contributed by atoms with Crippen molar-refractivity contribution in [1.82, 2.24) is 4.98 Å². The van der Waals surface area contributed by atoms with Gasteiger partial charge in [0.15, 0.2) is 0 Å². The highest BCUT2D eigenvalue weighted by Gasteiger charge is 2.10. The molecule has 0 saturated carbocycles. The number of rotatable bonds is 5. The number of aromatic nitrogens is 1. The number of nitriles is 1. The molecule has 0 aliphatic carbocycles. The first-order valence-corrected chi connectivity index (χ1v) is 8.70. The maximum Gasteiger partial charge on any atom is 0.274 e. The van der Waals surface area contributed by atoms with Gasteiger partial charge in [-0.1, -0.05) is 32.0 Å². The molecule has 0 fully saturated rings. The number of hydrogen-bond donors (Lipinski definition) is 2. The van der Waals surface area contributed by atoms with Gasteiger partial charge < -0.3 is 10.6 Å². The first-order valence-electron chi connectivity index (χ1n) is 8.70. The monoisotopic (exact) mass is 356 g/mol. The van der Waals surface area contributed by atoms with Crippen molar-refractivity contribution in [3.05, 3.63) is 83.7 Å². The molecule has 5 heteroatoms. The summed E-state index contributed by atoms with van der Waals surface area (Å²) in [6.45, 7) is 4.28. The molecule has 0 saturated heterocycles. The molecule has 0 atom stereocenters. The Morgan fingerprint density at radius 3 is 2.48 bits per heavy atom. The molecule has 3 aromatic rings. The zero-order valence-electron chi connectivity index (χ0n) is 15.2. The van der Waals surface area contributed by atoms with Crippen LogP contribution in [0.2, 0.25) is 0 Å². The fraction of sp³-hybridized carbons (Fsp3) is 0.136. The number of amides is 1. The first-order chi connectivity index (χ1) is 13.1. The van der Waals surface area contributed by atoms with Crippen LogP contribution in [0.25, 0.3) is 0 Å². The normalized spacial score (nSPS) is 10.3. The van der Waals surface area contributed by atoms with Gasteiger partial charge in [-0.05, 0) is 53.9 Å². The Hall–Kier alpha value is -3.65. The molecule has 134 valence electrons. The molecule has 0 aliphatic rings. The van der Waals surface area contributed by atoms with E-state index in [1.54, 1.807) is 36.5 Å². The zero-order valence-corrected chi connectivity index (χ0v) is 15.2. The molecule has 0 aliphatic heterocycles. The minimum atomic E-state index is -0.305. The molecule has 0 unspecified atom stereocenters. The number of carbonyl (C=O) groups is 1. The number of anilines is 3. The number of pyridine rings is 1. The molecular formula is C22H20N4O. The van der Waals surface area contributed by atoms with E-state index in [1.807, 2.05) is 30.3 Å². The molecule has 2 N–H and O–H groups in total. The van der Waals surface area contributed by atoms with Gasteiger partial charge in [0, 0.05) is 23.3 Å². The maximum atomic E-state index is 12.5. The van der Waals surface area contributed by atoms with E-state index in [1.165, 1.54) is 5.56 Å². The van der Waals surface area contributed by atoms with Gasteiger partial charge in [0.05, 0.1) is 11.6 Å². The third-order valence-electron chi connectivity index (χ3n) is 4.13. The molecule has 2 aromatic carbocycles. The second kappa shape index (κ2) is 8.15. The summed E-state index contributed by atoms with van der Waals surface area (Å²) in [6, 6.07) is 20.4. The van der Waals surface area contributed by atoms with Crippen molar-refractivity contribution in [2.45, 2.75) is 19.8 Å². The van der Waals surface area contributed by atoms with Crippen LogP contribution < -0.4 is 10.6 Å². The first kappa shape index (κ1) is 18.2. The van der Waals surface area contributed by atoms with Crippen molar-refractivity contribution in [3.8, 4) is 6.07 Å². The Morgan fingerprint density at radius 1 is 1.04 bits per heavy atom. The third-order valence-corrected chi connectivity index (χ3v) is 4.13. The summed E-state index contributed by atoms with van der Waals surface area (Å²) < 4.78 is 0. The fourth-order valence-electron chi connectivity index (χ4n) is 2.73. The number of carbonyl (C=O) groups excluding carboxylic acids is 1. The molecule has 0 spiro atoms. The van der Waals surface area contributed by atoms with Crippen LogP contribution in [0.4, 0.5) is 17.1 Å². The third kappa shape index (κ3) is 4.50. The standard InChI is InChI=1S/C22H20N4O/c1-15(2)19-5-3-4-6-20(19)25-18-11-12-24-21(13-18)22(27)26-17-9-7-16(14-23)8-10-17/h3-13,15H,1-2H3,(H,24,25)(H,26,27).